The van der Waals surface area contributed by atoms with Crippen LogP contribution in [0.25, 0.3) is 11.3 Å². The first-order valence-electron chi connectivity index (χ1n) is 8.73. The number of rotatable bonds is 7. The molecule has 0 fully saturated rings. The Bertz CT molecular complexity index is 975. The number of aromatic nitrogens is 1. The van der Waals surface area contributed by atoms with Crippen LogP contribution in [0.3, 0.4) is 0 Å². The van der Waals surface area contributed by atoms with Crippen LogP contribution in [0.15, 0.2) is 60.0 Å². The van der Waals surface area contributed by atoms with Crippen LogP contribution in [0.5, 0.6) is 0 Å². The average Bonchev–Trinajstić information content (AvgIpc) is 3.14. The molecule has 1 amide bonds. The molecule has 1 aromatic heterocycles. The second-order valence-corrected chi connectivity index (χ2v) is 7.70. The number of halogens is 1. The summed E-state index contributed by atoms with van der Waals surface area (Å²) in [4.78, 5) is 28.8. The lowest BCUT2D eigenvalue weighted by Gasteiger charge is -2.19. The van der Waals surface area contributed by atoms with Gasteiger partial charge in [0.2, 0.25) is 5.91 Å². The lowest BCUT2D eigenvalue weighted by molar-refractivity contribution is -0.145. The molecule has 0 bridgehead atoms. The van der Waals surface area contributed by atoms with Crippen molar-refractivity contribution in [3.05, 3.63) is 70.6 Å². The minimum absolute atomic E-state index is 0.336. The van der Waals surface area contributed by atoms with Gasteiger partial charge < -0.3 is 10.4 Å². The molecule has 2 N–H and O–H groups in total. The third kappa shape index (κ3) is 4.77. The minimum Gasteiger partial charge on any atom is -0.481 e. The molecule has 1 heterocycles. The molecule has 1 unspecified atom stereocenters. The summed E-state index contributed by atoms with van der Waals surface area (Å²) in [7, 11) is 0. The van der Waals surface area contributed by atoms with Crippen LogP contribution in [-0.2, 0) is 16.0 Å². The summed E-state index contributed by atoms with van der Waals surface area (Å²) in [6.45, 7) is 1.55. The second kappa shape index (κ2) is 8.99. The number of nitrogens with zero attached hydrogens (tertiary/aromatic N) is 1. The first-order chi connectivity index (χ1) is 13.5. The highest BCUT2D eigenvalue weighted by molar-refractivity contribution is 7.14. The Kier molecular flexibility index (Phi) is 6.44. The maximum Gasteiger partial charge on any atom is 0.307 e. The molecule has 5 nitrogen and oxygen atoms in total. The van der Waals surface area contributed by atoms with E-state index < -0.39 is 17.8 Å². The zero-order valence-corrected chi connectivity index (χ0v) is 16.7. The normalized spacial score (nSPS) is 12.9. The zero-order valence-electron chi connectivity index (χ0n) is 15.1. The Balaban J connectivity index is 1.78. The van der Waals surface area contributed by atoms with E-state index in [0.717, 1.165) is 11.1 Å². The van der Waals surface area contributed by atoms with Crippen molar-refractivity contribution in [1.29, 1.82) is 0 Å². The van der Waals surface area contributed by atoms with Gasteiger partial charge in [0.15, 0.2) is 5.13 Å². The molecule has 3 aromatic rings. The highest BCUT2D eigenvalue weighted by atomic mass is 35.5. The van der Waals surface area contributed by atoms with Crippen LogP contribution in [-0.4, -0.2) is 22.0 Å². The highest BCUT2D eigenvalue weighted by Gasteiger charge is 2.30. The Hall–Kier alpha value is -2.70. The Labute approximate surface area is 172 Å². The van der Waals surface area contributed by atoms with Crippen molar-refractivity contribution in [3.8, 4) is 11.3 Å². The molecule has 144 valence electrons. The van der Waals surface area contributed by atoms with Crippen LogP contribution in [0, 0.1) is 11.8 Å². The maximum atomic E-state index is 12.8. The van der Waals surface area contributed by atoms with E-state index in [4.69, 9.17) is 11.6 Å². The topological polar surface area (TPSA) is 79.3 Å². The molecular weight excluding hydrogens is 396 g/mol. The monoisotopic (exact) mass is 414 g/mol. The summed E-state index contributed by atoms with van der Waals surface area (Å²) in [5, 5.41) is 15.0. The minimum atomic E-state index is -1.01. The molecule has 0 aliphatic rings. The Morgan fingerprint density at radius 1 is 1.14 bits per heavy atom. The van der Waals surface area contributed by atoms with E-state index in [2.05, 4.69) is 10.3 Å². The molecule has 28 heavy (non-hydrogen) atoms. The number of thiazole rings is 1. The molecule has 0 saturated carbocycles. The fraction of sp³-hybridized carbons (Fsp3) is 0.190. The molecule has 2 aromatic carbocycles. The van der Waals surface area contributed by atoms with Crippen LogP contribution in [0.1, 0.15) is 12.5 Å². The van der Waals surface area contributed by atoms with Gasteiger partial charge in [-0.3, -0.25) is 9.59 Å². The number of carboxylic acid groups (broad SMARTS) is 1. The predicted molar refractivity (Wildman–Crippen MR) is 112 cm³/mol. The Morgan fingerprint density at radius 3 is 2.50 bits per heavy atom. The first kappa shape index (κ1) is 20.0. The van der Waals surface area contributed by atoms with Gasteiger partial charge in [-0.05, 0) is 18.1 Å². The number of carbonyl (C=O) groups excluding carboxylic acids is 1. The largest absolute Gasteiger partial charge is 0.481 e. The van der Waals surface area contributed by atoms with Gasteiger partial charge in [0, 0.05) is 16.0 Å². The van der Waals surface area contributed by atoms with E-state index >= 15 is 0 Å². The molecule has 0 radical (unpaired) electrons. The van der Waals surface area contributed by atoms with E-state index in [0.29, 0.717) is 22.3 Å². The first-order valence-corrected chi connectivity index (χ1v) is 9.99. The molecule has 7 heteroatoms. The third-order valence-corrected chi connectivity index (χ3v) is 5.60. The SMILES string of the molecule is CC(C(=O)O)[C@@H](Cc1ccccc1)C(=O)Nc1nc(-c2ccccc2Cl)cs1. The average molecular weight is 415 g/mol. The quantitative estimate of drug-likeness (QED) is 0.571. The van der Waals surface area contributed by atoms with Crippen LogP contribution in [0.4, 0.5) is 5.13 Å². The van der Waals surface area contributed by atoms with E-state index in [1.165, 1.54) is 11.3 Å². The number of carboxylic acids is 1. The molecular formula is C21H19ClN2O3S. The lowest BCUT2D eigenvalue weighted by Crippen LogP contribution is -2.33. The van der Waals surface area contributed by atoms with Crippen molar-refractivity contribution < 1.29 is 14.7 Å². The van der Waals surface area contributed by atoms with Gasteiger partial charge in [-0.25, -0.2) is 4.98 Å². The van der Waals surface area contributed by atoms with Crippen LogP contribution >= 0.6 is 22.9 Å². The van der Waals surface area contributed by atoms with Gasteiger partial charge >= 0.3 is 5.97 Å². The molecule has 3 rings (SSSR count). The van der Waals surface area contributed by atoms with Gasteiger partial charge in [-0.15, -0.1) is 11.3 Å². The summed E-state index contributed by atoms with van der Waals surface area (Å²) in [6, 6.07) is 16.7. The summed E-state index contributed by atoms with van der Waals surface area (Å²) >= 11 is 7.48. The third-order valence-electron chi connectivity index (χ3n) is 4.51. The van der Waals surface area contributed by atoms with Gasteiger partial charge in [0.25, 0.3) is 0 Å². The molecule has 0 aliphatic carbocycles. The number of carbonyl (C=O) groups is 2. The van der Waals surface area contributed by atoms with E-state index in [9.17, 15) is 14.7 Å². The second-order valence-electron chi connectivity index (χ2n) is 6.43. The van der Waals surface area contributed by atoms with Gasteiger partial charge in [0.1, 0.15) is 0 Å². The number of benzene rings is 2. The van der Waals surface area contributed by atoms with Crippen molar-refractivity contribution in [2.24, 2.45) is 11.8 Å². The Morgan fingerprint density at radius 2 is 1.82 bits per heavy atom. The standard InChI is InChI=1S/C21H19ClN2O3S/c1-13(20(26)27)16(11-14-7-3-2-4-8-14)19(25)24-21-23-18(12-28-21)15-9-5-6-10-17(15)22/h2-10,12-13,16H,11H2,1H3,(H,26,27)(H,23,24,25)/t13?,16-/m1/s1. The zero-order chi connectivity index (χ0) is 20.1. The summed E-state index contributed by atoms with van der Waals surface area (Å²) < 4.78 is 0. The van der Waals surface area contributed by atoms with E-state index in [1.54, 1.807) is 13.0 Å². The van der Waals surface area contributed by atoms with E-state index in [-0.39, 0.29) is 5.91 Å². The lowest BCUT2D eigenvalue weighted by atomic mass is 9.87. The summed E-state index contributed by atoms with van der Waals surface area (Å²) in [6.07, 6.45) is 0.336. The fourth-order valence-corrected chi connectivity index (χ4v) is 3.80. The number of amides is 1. The van der Waals surface area contributed by atoms with Crippen molar-refractivity contribution >= 4 is 39.9 Å². The number of hydrogen-bond acceptors (Lipinski definition) is 4. The van der Waals surface area contributed by atoms with Gasteiger partial charge in [-0.2, -0.15) is 0 Å². The summed E-state index contributed by atoms with van der Waals surface area (Å²) in [5.74, 6) is -2.92. The van der Waals surface area contributed by atoms with Crippen LogP contribution in [0.2, 0.25) is 5.02 Å². The number of anilines is 1. The highest BCUT2D eigenvalue weighted by Crippen LogP contribution is 2.31. The van der Waals surface area contributed by atoms with E-state index in [1.807, 2.05) is 53.9 Å². The van der Waals surface area contributed by atoms with Crippen LogP contribution < -0.4 is 5.32 Å². The molecule has 0 spiro atoms. The van der Waals surface area contributed by atoms with Crippen molar-refractivity contribution in [2.75, 3.05) is 5.32 Å². The van der Waals surface area contributed by atoms with Gasteiger partial charge in [0.05, 0.1) is 17.5 Å². The number of nitrogens with one attached hydrogen (secondary N) is 1. The molecule has 0 saturated heterocycles. The number of aliphatic carboxylic acids is 1. The predicted octanol–water partition coefficient (Wildman–Crippen LogP) is 4.98. The summed E-state index contributed by atoms with van der Waals surface area (Å²) in [5.41, 5.74) is 2.35. The maximum absolute atomic E-state index is 12.8. The smallest absolute Gasteiger partial charge is 0.307 e. The molecule has 0 aliphatic heterocycles. The van der Waals surface area contributed by atoms with Crippen molar-refractivity contribution in [2.45, 2.75) is 13.3 Å². The fourth-order valence-electron chi connectivity index (χ4n) is 2.86. The van der Waals surface area contributed by atoms with Gasteiger partial charge in [-0.1, -0.05) is 67.1 Å². The number of hydrogen-bond donors (Lipinski definition) is 2. The molecule has 2 atom stereocenters. The van der Waals surface area contributed by atoms with Crippen molar-refractivity contribution in [1.82, 2.24) is 4.98 Å². The van der Waals surface area contributed by atoms with Crippen molar-refractivity contribution in [3.63, 3.8) is 0 Å².